The highest BCUT2D eigenvalue weighted by atomic mass is 16.3. The molecule has 4 heteroatoms. The molecule has 2 rings (SSSR count). The number of aliphatic hydroxyl groups is 1. The van der Waals surface area contributed by atoms with Crippen LogP contribution in [-0.2, 0) is 4.79 Å². The highest BCUT2D eigenvalue weighted by Crippen LogP contribution is 2.33. The number of nitrogens with one attached hydrogen (secondary N) is 1. The number of carbonyl (C=O) groups excluding carboxylic acids is 1. The van der Waals surface area contributed by atoms with Gasteiger partial charge in [0.25, 0.3) is 0 Å². The van der Waals surface area contributed by atoms with Gasteiger partial charge in [0, 0.05) is 32.2 Å². The molecule has 2 unspecified atom stereocenters. The van der Waals surface area contributed by atoms with E-state index < -0.39 is 0 Å². The molecule has 16 heavy (non-hydrogen) atoms. The molecule has 2 aliphatic rings. The predicted molar refractivity (Wildman–Crippen MR) is 62.0 cm³/mol. The first-order valence-corrected chi connectivity index (χ1v) is 6.33. The van der Waals surface area contributed by atoms with E-state index in [1.54, 1.807) is 0 Å². The summed E-state index contributed by atoms with van der Waals surface area (Å²) in [6.45, 7) is 5.66. The second kappa shape index (κ2) is 4.72. The van der Waals surface area contributed by atoms with Gasteiger partial charge in [0.2, 0.25) is 5.91 Å². The van der Waals surface area contributed by atoms with Crippen molar-refractivity contribution in [3.05, 3.63) is 0 Å². The van der Waals surface area contributed by atoms with Crippen molar-refractivity contribution in [2.45, 2.75) is 26.2 Å². The number of nitrogens with zero attached hydrogens (tertiary/aromatic N) is 1. The van der Waals surface area contributed by atoms with Crippen LogP contribution in [0.15, 0.2) is 0 Å². The van der Waals surface area contributed by atoms with Crippen LogP contribution in [0.5, 0.6) is 0 Å². The summed E-state index contributed by atoms with van der Waals surface area (Å²) in [6, 6.07) is 0. The van der Waals surface area contributed by atoms with Gasteiger partial charge in [-0.05, 0) is 25.8 Å². The summed E-state index contributed by atoms with van der Waals surface area (Å²) >= 11 is 0. The van der Waals surface area contributed by atoms with Gasteiger partial charge in [0.1, 0.15) is 0 Å². The summed E-state index contributed by atoms with van der Waals surface area (Å²) in [4.78, 5) is 14.4. The Bertz CT molecular complexity index is 262. The molecule has 92 valence electrons. The van der Waals surface area contributed by atoms with Crippen LogP contribution in [0.25, 0.3) is 0 Å². The molecular weight excluding hydrogens is 204 g/mol. The Morgan fingerprint density at radius 3 is 2.94 bits per heavy atom. The van der Waals surface area contributed by atoms with Gasteiger partial charge in [-0.2, -0.15) is 0 Å². The van der Waals surface area contributed by atoms with Gasteiger partial charge in [0.05, 0.1) is 5.41 Å². The summed E-state index contributed by atoms with van der Waals surface area (Å²) in [5, 5.41) is 12.4. The third kappa shape index (κ3) is 1.96. The fraction of sp³-hybridized carbons (Fsp3) is 0.917. The molecule has 2 saturated heterocycles. The third-order valence-corrected chi connectivity index (χ3v) is 4.21. The zero-order chi connectivity index (χ0) is 11.6. The Morgan fingerprint density at radius 2 is 2.44 bits per heavy atom. The van der Waals surface area contributed by atoms with Gasteiger partial charge in [-0.15, -0.1) is 0 Å². The molecule has 0 spiro atoms. The molecule has 0 aliphatic carbocycles. The maximum absolute atomic E-state index is 12.5. The molecule has 4 nitrogen and oxygen atoms in total. The Balaban J connectivity index is 2.01. The fourth-order valence-corrected chi connectivity index (χ4v) is 2.88. The van der Waals surface area contributed by atoms with Gasteiger partial charge in [-0.1, -0.05) is 6.92 Å². The van der Waals surface area contributed by atoms with Crippen molar-refractivity contribution in [3.63, 3.8) is 0 Å². The Labute approximate surface area is 97.0 Å². The van der Waals surface area contributed by atoms with E-state index in [1.807, 2.05) is 4.90 Å². The summed E-state index contributed by atoms with van der Waals surface area (Å²) in [6.07, 6.45) is 2.83. The third-order valence-electron chi connectivity index (χ3n) is 4.21. The molecule has 0 aromatic carbocycles. The van der Waals surface area contributed by atoms with Crippen molar-refractivity contribution in [3.8, 4) is 0 Å². The second-order valence-corrected chi connectivity index (χ2v) is 5.15. The van der Waals surface area contributed by atoms with Gasteiger partial charge in [-0.25, -0.2) is 0 Å². The fourth-order valence-electron chi connectivity index (χ4n) is 2.88. The van der Waals surface area contributed by atoms with Crippen molar-refractivity contribution in [2.24, 2.45) is 11.3 Å². The first-order valence-electron chi connectivity index (χ1n) is 6.33. The highest BCUT2D eigenvalue weighted by Gasteiger charge is 2.43. The van der Waals surface area contributed by atoms with Gasteiger partial charge in [-0.3, -0.25) is 4.79 Å². The number of hydrogen-bond acceptors (Lipinski definition) is 3. The van der Waals surface area contributed by atoms with Crippen molar-refractivity contribution in [1.29, 1.82) is 0 Å². The molecule has 0 aromatic heterocycles. The Kier molecular flexibility index (Phi) is 3.50. The number of rotatable bonds is 3. The first-order chi connectivity index (χ1) is 7.72. The largest absolute Gasteiger partial charge is 0.396 e. The lowest BCUT2D eigenvalue weighted by Crippen LogP contribution is -2.44. The van der Waals surface area contributed by atoms with Crippen molar-refractivity contribution < 1.29 is 9.90 Å². The topological polar surface area (TPSA) is 52.6 Å². The van der Waals surface area contributed by atoms with E-state index >= 15 is 0 Å². The monoisotopic (exact) mass is 226 g/mol. The van der Waals surface area contributed by atoms with Gasteiger partial charge in [0.15, 0.2) is 0 Å². The van der Waals surface area contributed by atoms with E-state index in [4.69, 9.17) is 5.11 Å². The van der Waals surface area contributed by atoms with Crippen LogP contribution in [0, 0.1) is 11.3 Å². The molecule has 2 atom stereocenters. The molecule has 0 aromatic rings. The lowest BCUT2D eigenvalue weighted by molar-refractivity contribution is -0.140. The molecule has 0 bridgehead atoms. The van der Waals surface area contributed by atoms with Crippen molar-refractivity contribution in [2.75, 3.05) is 32.8 Å². The van der Waals surface area contributed by atoms with Crippen LogP contribution in [0.1, 0.15) is 26.2 Å². The molecule has 2 heterocycles. The number of carbonyl (C=O) groups is 1. The summed E-state index contributed by atoms with van der Waals surface area (Å²) in [5.41, 5.74) is -0.162. The minimum Gasteiger partial charge on any atom is -0.396 e. The van der Waals surface area contributed by atoms with E-state index in [-0.39, 0.29) is 12.0 Å². The Morgan fingerprint density at radius 1 is 1.62 bits per heavy atom. The van der Waals surface area contributed by atoms with Crippen LogP contribution in [0.3, 0.4) is 0 Å². The van der Waals surface area contributed by atoms with Crippen LogP contribution < -0.4 is 5.32 Å². The molecule has 2 N–H and O–H groups in total. The van der Waals surface area contributed by atoms with Crippen molar-refractivity contribution in [1.82, 2.24) is 10.2 Å². The van der Waals surface area contributed by atoms with Crippen LogP contribution in [-0.4, -0.2) is 48.7 Å². The van der Waals surface area contributed by atoms with Gasteiger partial charge >= 0.3 is 0 Å². The Hall–Kier alpha value is -0.610. The molecule has 2 aliphatic heterocycles. The van der Waals surface area contributed by atoms with E-state index in [0.717, 1.165) is 45.4 Å². The predicted octanol–water partition coefficient (Wildman–Crippen LogP) is 0.217. The van der Waals surface area contributed by atoms with E-state index in [2.05, 4.69) is 12.2 Å². The lowest BCUT2D eigenvalue weighted by atomic mass is 9.83. The SMILES string of the molecule is CCC1(C(=O)N2CCC(CO)C2)CCNC1. The number of amides is 1. The number of hydrogen-bond donors (Lipinski definition) is 2. The molecule has 0 saturated carbocycles. The molecule has 0 radical (unpaired) electrons. The summed E-state index contributed by atoms with van der Waals surface area (Å²) < 4.78 is 0. The minimum absolute atomic E-state index is 0.162. The number of likely N-dealkylation sites (tertiary alicyclic amines) is 1. The minimum atomic E-state index is -0.162. The van der Waals surface area contributed by atoms with Crippen LogP contribution >= 0.6 is 0 Å². The lowest BCUT2D eigenvalue weighted by Gasteiger charge is -2.30. The van der Waals surface area contributed by atoms with Gasteiger partial charge < -0.3 is 15.3 Å². The average Bonchev–Trinajstić information content (AvgIpc) is 2.98. The van der Waals surface area contributed by atoms with E-state index in [9.17, 15) is 4.79 Å². The van der Waals surface area contributed by atoms with E-state index in [0.29, 0.717) is 11.8 Å². The zero-order valence-electron chi connectivity index (χ0n) is 10.0. The number of aliphatic hydroxyl groups excluding tert-OH is 1. The molecule has 2 fully saturated rings. The molecular formula is C12H22N2O2. The van der Waals surface area contributed by atoms with Crippen molar-refractivity contribution >= 4 is 5.91 Å². The standard InChI is InChI=1S/C12H22N2O2/c1-2-12(4-5-13-9-12)11(16)14-6-3-10(7-14)8-15/h10,13,15H,2-9H2,1H3. The second-order valence-electron chi connectivity index (χ2n) is 5.15. The summed E-state index contributed by atoms with van der Waals surface area (Å²) in [7, 11) is 0. The van der Waals surface area contributed by atoms with Crippen LogP contribution in [0.2, 0.25) is 0 Å². The maximum atomic E-state index is 12.5. The highest BCUT2D eigenvalue weighted by molar-refractivity contribution is 5.83. The average molecular weight is 226 g/mol. The smallest absolute Gasteiger partial charge is 0.230 e. The van der Waals surface area contributed by atoms with Crippen LogP contribution in [0.4, 0.5) is 0 Å². The van der Waals surface area contributed by atoms with E-state index in [1.165, 1.54) is 0 Å². The molecule has 1 amide bonds. The first kappa shape index (κ1) is 11.9. The zero-order valence-corrected chi connectivity index (χ0v) is 10.0. The quantitative estimate of drug-likeness (QED) is 0.723. The maximum Gasteiger partial charge on any atom is 0.230 e. The summed E-state index contributed by atoms with van der Waals surface area (Å²) in [5.74, 6) is 0.600. The normalized spacial score (nSPS) is 34.6.